The fourth-order valence-electron chi connectivity index (χ4n) is 3.18. The van der Waals surface area contributed by atoms with Crippen molar-refractivity contribution in [2.45, 2.75) is 43.0 Å². The predicted octanol–water partition coefficient (Wildman–Crippen LogP) is 1.86. The number of hydrogen-bond donors (Lipinski definition) is 2. The molecule has 0 aliphatic carbocycles. The van der Waals surface area contributed by atoms with Gasteiger partial charge < -0.3 is 10.2 Å². The fraction of sp³-hybridized carbons (Fsp3) is 0.529. The van der Waals surface area contributed by atoms with Crippen molar-refractivity contribution < 1.29 is 36.6 Å². The van der Waals surface area contributed by atoms with E-state index in [2.05, 4.69) is 0 Å². The monoisotopic (exact) mass is 467 g/mol. The van der Waals surface area contributed by atoms with Crippen LogP contribution in [0.3, 0.4) is 0 Å². The van der Waals surface area contributed by atoms with Crippen LogP contribution in [0.4, 0.5) is 0 Å². The molecule has 1 heterocycles. The summed E-state index contributed by atoms with van der Waals surface area (Å²) in [6.07, 6.45) is 1.23. The van der Waals surface area contributed by atoms with Crippen LogP contribution in [0.5, 0.6) is 0 Å². The quantitative estimate of drug-likeness (QED) is 0.495. The van der Waals surface area contributed by atoms with Gasteiger partial charge in [0.1, 0.15) is 4.90 Å². The van der Waals surface area contributed by atoms with Crippen molar-refractivity contribution in [3.05, 3.63) is 28.8 Å². The summed E-state index contributed by atoms with van der Waals surface area (Å²) in [6.45, 7) is -0.0181. The van der Waals surface area contributed by atoms with Gasteiger partial charge in [-0.05, 0) is 37.5 Å². The third kappa shape index (κ3) is 6.14. The van der Waals surface area contributed by atoms with Gasteiger partial charge in [-0.25, -0.2) is 21.6 Å². The number of sulfone groups is 1. The molecule has 0 aromatic heterocycles. The Morgan fingerprint density at radius 1 is 1.17 bits per heavy atom. The molecule has 0 bridgehead atoms. The van der Waals surface area contributed by atoms with Crippen LogP contribution in [-0.2, 0) is 24.7 Å². The van der Waals surface area contributed by atoms with E-state index in [0.717, 1.165) is 10.4 Å². The zero-order valence-electron chi connectivity index (χ0n) is 15.5. The number of hydrogen-bond acceptors (Lipinski definition) is 6. The number of unbranched alkanes of at least 4 members (excludes halogenated alkanes) is 2. The van der Waals surface area contributed by atoms with Crippen molar-refractivity contribution >= 4 is 43.4 Å². The number of carboxylic acid groups (broad SMARTS) is 2. The summed E-state index contributed by atoms with van der Waals surface area (Å²) < 4.78 is 51.3. The summed E-state index contributed by atoms with van der Waals surface area (Å²) in [5.41, 5.74) is -0.256. The highest BCUT2D eigenvalue weighted by Gasteiger charge is 2.39. The smallest absolute Gasteiger partial charge is 0.335 e. The molecule has 0 radical (unpaired) electrons. The lowest BCUT2D eigenvalue weighted by Crippen LogP contribution is -2.41. The largest absolute Gasteiger partial charge is 0.481 e. The number of rotatable bonds is 10. The van der Waals surface area contributed by atoms with Gasteiger partial charge >= 0.3 is 11.9 Å². The molecule has 1 aromatic carbocycles. The SMILES string of the molecule is O=C(O)CCCCCN([C@H]1CCS(=O)(=O)C1)S(=O)(=O)c1cc(C(=O)O)ccc1Cl. The highest BCUT2D eigenvalue weighted by molar-refractivity contribution is 7.92. The van der Waals surface area contributed by atoms with E-state index in [0.29, 0.717) is 19.3 Å². The summed E-state index contributed by atoms with van der Waals surface area (Å²) >= 11 is 6.03. The normalized spacial score (nSPS) is 18.8. The lowest BCUT2D eigenvalue weighted by molar-refractivity contribution is -0.137. The van der Waals surface area contributed by atoms with Gasteiger partial charge in [0.05, 0.1) is 22.1 Å². The summed E-state index contributed by atoms with van der Waals surface area (Å²) in [7, 11) is -7.64. The van der Waals surface area contributed by atoms with Crippen molar-refractivity contribution in [2.24, 2.45) is 0 Å². The zero-order valence-corrected chi connectivity index (χ0v) is 17.8. The first-order valence-electron chi connectivity index (χ1n) is 8.91. The van der Waals surface area contributed by atoms with Crippen LogP contribution in [0.2, 0.25) is 5.02 Å². The van der Waals surface area contributed by atoms with E-state index in [9.17, 15) is 26.4 Å². The van der Waals surface area contributed by atoms with Gasteiger partial charge in [-0.15, -0.1) is 0 Å². The van der Waals surface area contributed by atoms with E-state index < -0.39 is 42.7 Å². The number of nitrogens with zero attached hydrogens (tertiary/aromatic N) is 1. The molecule has 1 aromatic rings. The molecule has 1 saturated heterocycles. The molecule has 12 heteroatoms. The molecule has 1 atom stereocenters. The van der Waals surface area contributed by atoms with Crippen LogP contribution >= 0.6 is 11.6 Å². The first kappa shape index (κ1) is 23.6. The second-order valence-corrected chi connectivity index (χ2v) is 11.3. The highest BCUT2D eigenvalue weighted by atomic mass is 35.5. The Balaban J connectivity index is 2.32. The minimum atomic E-state index is -4.27. The second kappa shape index (κ2) is 9.41. The minimum Gasteiger partial charge on any atom is -0.481 e. The number of sulfonamides is 1. The number of aromatic carboxylic acids is 1. The highest BCUT2D eigenvalue weighted by Crippen LogP contribution is 2.30. The van der Waals surface area contributed by atoms with Gasteiger partial charge in [-0.2, -0.15) is 4.31 Å². The molecule has 29 heavy (non-hydrogen) atoms. The minimum absolute atomic E-state index is 0.0181. The standard InChI is InChI=1S/C17H22ClNO8S2/c18-14-6-5-12(17(22)23)10-15(14)29(26,27)19(8-3-1-2-4-16(20)21)13-7-9-28(24,25)11-13/h5-6,10,13H,1-4,7-9,11H2,(H,20,21)(H,22,23)/t13-/m0/s1. The number of benzene rings is 1. The van der Waals surface area contributed by atoms with E-state index in [4.69, 9.17) is 21.8 Å². The third-order valence-corrected chi connectivity index (χ3v) is 8.83. The Morgan fingerprint density at radius 2 is 1.86 bits per heavy atom. The summed E-state index contributed by atoms with van der Waals surface area (Å²) in [4.78, 5) is 21.4. The van der Waals surface area contributed by atoms with Gasteiger partial charge in [0, 0.05) is 19.0 Å². The molecule has 1 aliphatic heterocycles. The van der Waals surface area contributed by atoms with E-state index in [-0.39, 0.29) is 41.5 Å². The van der Waals surface area contributed by atoms with Gasteiger partial charge in [0.25, 0.3) is 0 Å². The van der Waals surface area contributed by atoms with Crippen LogP contribution in [0.15, 0.2) is 23.1 Å². The van der Waals surface area contributed by atoms with Gasteiger partial charge in [-0.1, -0.05) is 18.0 Å². The maximum atomic E-state index is 13.3. The molecule has 2 rings (SSSR count). The van der Waals surface area contributed by atoms with Crippen molar-refractivity contribution in [3.8, 4) is 0 Å². The van der Waals surface area contributed by atoms with Crippen LogP contribution in [-0.4, -0.2) is 67.4 Å². The van der Waals surface area contributed by atoms with E-state index in [1.807, 2.05) is 0 Å². The maximum Gasteiger partial charge on any atom is 0.335 e. The molecular weight excluding hydrogens is 446 g/mol. The number of aliphatic carboxylic acids is 1. The molecule has 1 aliphatic rings. The molecule has 0 unspecified atom stereocenters. The Bertz CT molecular complexity index is 991. The fourth-order valence-corrected chi connectivity index (χ4v) is 7.20. The molecule has 2 N–H and O–H groups in total. The number of carbonyl (C=O) groups is 2. The Morgan fingerprint density at radius 3 is 2.41 bits per heavy atom. The average Bonchev–Trinajstić information content (AvgIpc) is 2.96. The van der Waals surface area contributed by atoms with Crippen LogP contribution in [0.25, 0.3) is 0 Å². The average molecular weight is 468 g/mol. The summed E-state index contributed by atoms with van der Waals surface area (Å²) in [5.74, 6) is -2.72. The van der Waals surface area contributed by atoms with Gasteiger partial charge in [0.15, 0.2) is 9.84 Å². The number of carboxylic acids is 2. The zero-order chi connectivity index (χ0) is 21.8. The van der Waals surface area contributed by atoms with Crippen LogP contribution in [0, 0.1) is 0 Å². The van der Waals surface area contributed by atoms with Crippen molar-refractivity contribution in [1.82, 2.24) is 4.31 Å². The van der Waals surface area contributed by atoms with E-state index >= 15 is 0 Å². The Kier molecular flexibility index (Phi) is 7.66. The van der Waals surface area contributed by atoms with Crippen molar-refractivity contribution in [3.63, 3.8) is 0 Å². The molecule has 162 valence electrons. The van der Waals surface area contributed by atoms with Gasteiger partial charge in [-0.3, -0.25) is 4.79 Å². The number of halogens is 1. The first-order valence-corrected chi connectivity index (χ1v) is 12.5. The Hall–Kier alpha value is -1.69. The molecule has 0 saturated carbocycles. The molecule has 1 fully saturated rings. The third-order valence-electron chi connectivity index (χ3n) is 4.65. The van der Waals surface area contributed by atoms with E-state index in [1.54, 1.807) is 0 Å². The molecule has 9 nitrogen and oxygen atoms in total. The summed E-state index contributed by atoms with van der Waals surface area (Å²) in [6, 6.07) is 2.53. The topological polar surface area (TPSA) is 146 Å². The molecular formula is C17H22ClNO8S2. The molecule has 0 amide bonds. The van der Waals surface area contributed by atoms with Gasteiger partial charge in [0.2, 0.25) is 10.0 Å². The lowest BCUT2D eigenvalue weighted by atomic mass is 10.2. The predicted molar refractivity (Wildman–Crippen MR) is 105 cm³/mol. The Labute approximate surface area is 174 Å². The van der Waals surface area contributed by atoms with Crippen LogP contribution < -0.4 is 0 Å². The van der Waals surface area contributed by atoms with E-state index in [1.165, 1.54) is 12.1 Å². The maximum absolute atomic E-state index is 13.3. The van der Waals surface area contributed by atoms with Crippen LogP contribution in [0.1, 0.15) is 42.5 Å². The lowest BCUT2D eigenvalue weighted by Gasteiger charge is -2.28. The van der Waals surface area contributed by atoms with Crippen molar-refractivity contribution in [1.29, 1.82) is 0 Å². The first-order chi connectivity index (χ1) is 13.4. The summed E-state index contributed by atoms with van der Waals surface area (Å²) in [5, 5.41) is 17.7. The van der Waals surface area contributed by atoms with Crippen molar-refractivity contribution in [2.75, 3.05) is 18.1 Å². The second-order valence-electron chi connectivity index (χ2n) is 6.83. The molecule has 0 spiro atoms.